The van der Waals surface area contributed by atoms with E-state index in [-0.39, 0.29) is 11.8 Å². The van der Waals surface area contributed by atoms with Gasteiger partial charge in [0.05, 0.1) is 24.6 Å². The summed E-state index contributed by atoms with van der Waals surface area (Å²) < 4.78 is 7.23. The van der Waals surface area contributed by atoms with Crippen LogP contribution < -0.4 is 15.4 Å². The third-order valence-electron chi connectivity index (χ3n) is 6.04. The monoisotopic (exact) mass is 490 g/mol. The number of hydrogen-bond acceptors (Lipinski definition) is 4. The molecule has 0 aliphatic carbocycles. The van der Waals surface area contributed by atoms with Crippen LogP contribution in [0.25, 0.3) is 11.0 Å². The van der Waals surface area contributed by atoms with Crippen molar-refractivity contribution in [3.63, 3.8) is 0 Å². The van der Waals surface area contributed by atoms with Crippen LogP contribution in [0.3, 0.4) is 0 Å². The highest BCUT2D eigenvalue weighted by Crippen LogP contribution is 2.25. The van der Waals surface area contributed by atoms with Gasteiger partial charge in [-0.3, -0.25) is 9.59 Å². The minimum absolute atomic E-state index is 0.229. The lowest BCUT2D eigenvalue weighted by Crippen LogP contribution is -2.22. The number of fused-ring (bicyclic) bond motifs is 1. The standard InChI is InChI=1S/C30H26N4O3/c1-37-25-14-8-11-22(15-25)17-32-30(36)27-20-34(19-21-9-4-2-5-10-21)28-26(27)16-24(18-31-28)33-29(35)23-12-6-3-7-13-23/h2-16,18,20H,17,19H2,1H3,(H,32,36)(H,33,35). The highest BCUT2D eigenvalue weighted by atomic mass is 16.5. The summed E-state index contributed by atoms with van der Waals surface area (Å²) in [6, 6.07) is 28.3. The van der Waals surface area contributed by atoms with Gasteiger partial charge in [0.25, 0.3) is 11.8 Å². The summed E-state index contributed by atoms with van der Waals surface area (Å²) in [6.07, 6.45) is 3.43. The molecule has 0 atom stereocenters. The van der Waals surface area contributed by atoms with Gasteiger partial charge in [-0.05, 0) is 41.5 Å². The fourth-order valence-corrected chi connectivity index (χ4v) is 4.17. The van der Waals surface area contributed by atoms with Gasteiger partial charge in [-0.15, -0.1) is 0 Å². The maximum Gasteiger partial charge on any atom is 0.255 e. The van der Waals surface area contributed by atoms with Crippen LogP contribution in [0.1, 0.15) is 31.8 Å². The maximum absolute atomic E-state index is 13.3. The van der Waals surface area contributed by atoms with Crippen LogP contribution >= 0.6 is 0 Å². The van der Waals surface area contributed by atoms with Gasteiger partial charge in [-0.2, -0.15) is 0 Å². The van der Waals surface area contributed by atoms with Crippen LogP contribution in [0.2, 0.25) is 0 Å². The van der Waals surface area contributed by atoms with Crippen molar-refractivity contribution in [3.8, 4) is 5.75 Å². The first-order valence-corrected chi connectivity index (χ1v) is 11.9. The van der Waals surface area contributed by atoms with Crippen LogP contribution in [0.15, 0.2) is 103 Å². The van der Waals surface area contributed by atoms with E-state index in [0.29, 0.717) is 40.9 Å². The number of carbonyl (C=O) groups is 2. The summed E-state index contributed by atoms with van der Waals surface area (Å²) in [5, 5.41) is 6.55. The second kappa shape index (κ2) is 10.8. The van der Waals surface area contributed by atoms with Gasteiger partial charge in [0.15, 0.2) is 0 Å². The average Bonchev–Trinajstić information content (AvgIpc) is 3.30. The number of hydrogen-bond donors (Lipinski definition) is 2. The molecule has 7 nitrogen and oxygen atoms in total. The van der Waals surface area contributed by atoms with E-state index in [1.165, 1.54) is 0 Å². The number of aromatic nitrogens is 2. The fourth-order valence-electron chi connectivity index (χ4n) is 4.17. The number of anilines is 1. The second-order valence-electron chi connectivity index (χ2n) is 8.61. The Morgan fingerprint density at radius 1 is 0.865 bits per heavy atom. The Labute approximate surface area is 214 Å². The predicted octanol–water partition coefficient (Wildman–Crippen LogP) is 5.28. The maximum atomic E-state index is 13.3. The molecule has 0 radical (unpaired) electrons. The highest BCUT2D eigenvalue weighted by Gasteiger charge is 2.18. The van der Waals surface area contributed by atoms with Crippen molar-refractivity contribution in [2.24, 2.45) is 0 Å². The molecule has 0 aliphatic heterocycles. The molecule has 0 aliphatic rings. The van der Waals surface area contributed by atoms with Crippen molar-refractivity contribution in [3.05, 3.63) is 126 Å². The number of benzene rings is 3. The molecule has 0 fully saturated rings. The topological polar surface area (TPSA) is 85.2 Å². The summed E-state index contributed by atoms with van der Waals surface area (Å²) in [5.41, 5.74) is 4.21. The van der Waals surface area contributed by atoms with Crippen molar-refractivity contribution < 1.29 is 14.3 Å². The molecule has 2 amide bonds. The summed E-state index contributed by atoms with van der Waals surface area (Å²) in [7, 11) is 1.61. The minimum atomic E-state index is -0.241. The molecule has 5 rings (SSSR count). The Bertz CT molecular complexity index is 1550. The molecule has 3 aromatic carbocycles. The molecule has 0 spiro atoms. The summed E-state index contributed by atoms with van der Waals surface area (Å²) in [6.45, 7) is 0.905. The normalized spacial score (nSPS) is 10.7. The number of methoxy groups -OCH3 is 1. The van der Waals surface area contributed by atoms with Crippen molar-refractivity contribution in [2.75, 3.05) is 12.4 Å². The molecule has 0 bridgehead atoms. The van der Waals surface area contributed by atoms with Crippen LogP contribution in [0.5, 0.6) is 5.75 Å². The molecular weight excluding hydrogens is 464 g/mol. The molecule has 0 unspecified atom stereocenters. The van der Waals surface area contributed by atoms with E-state index >= 15 is 0 Å². The second-order valence-corrected chi connectivity index (χ2v) is 8.61. The molecule has 37 heavy (non-hydrogen) atoms. The molecule has 2 heterocycles. The van der Waals surface area contributed by atoms with E-state index in [0.717, 1.165) is 16.9 Å². The Morgan fingerprint density at radius 3 is 2.35 bits per heavy atom. The van der Waals surface area contributed by atoms with Crippen LogP contribution in [-0.4, -0.2) is 28.5 Å². The average molecular weight is 491 g/mol. The van der Waals surface area contributed by atoms with Gasteiger partial charge in [0.1, 0.15) is 11.4 Å². The lowest BCUT2D eigenvalue weighted by molar-refractivity contribution is 0.0951. The minimum Gasteiger partial charge on any atom is -0.497 e. The Morgan fingerprint density at radius 2 is 1.59 bits per heavy atom. The van der Waals surface area contributed by atoms with Gasteiger partial charge in [-0.1, -0.05) is 60.7 Å². The zero-order valence-corrected chi connectivity index (χ0v) is 20.3. The van der Waals surface area contributed by atoms with Gasteiger partial charge < -0.3 is 19.9 Å². The predicted molar refractivity (Wildman–Crippen MR) is 144 cm³/mol. The first-order chi connectivity index (χ1) is 18.1. The zero-order valence-electron chi connectivity index (χ0n) is 20.3. The molecule has 5 aromatic rings. The molecular formula is C30H26N4O3. The number of ether oxygens (including phenoxy) is 1. The van der Waals surface area contributed by atoms with Crippen molar-refractivity contribution in [1.29, 1.82) is 0 Å². The SMILES string of the molecule is COc1cccc(CNC(=O)c2cn(Cc3ccccc3)c3ncc(NC(=O)c4ccccc4)cc23)c1. The smallest absolute Gasteiger partial charge is 0.255 e. The number of pyridine rings is 1. The quantitative estimate of drug-likeness (QED) is 0.310. The van der Waals surface area contributed by atoms with Crippen molar-refractivity contribution >= 4 is 28.5 Å². The molecule has 2 N–H and O–H groups in total. The highest BCUT2D eigenvalue weighted by molar-refractivity contribution is 6.08. The molecule has 7 heteroatoms. The third-order valence-corrected chi connectivity index (χ3v) is 6.04. The first kappa shape index (κ1) is 23.8. The van der Waals surface area contributed by atoms with Crippen molar-refractivity contribution in [1.82, 2.24) is 14.9 Å². The molecule has 0 saturated heterocycles. The van der Waals surface area contributed by atoms with Crippen LogP contribution in [0, 0.1) is 0 Å². The Hall–Kier alpha value is -4.91. The lowest BCUT2D eigenvalue weighted by atomic mass is 10.1. The largest absolute Gasteiger partial charge is 0.497 e. The van der Waals surface area contributed by atoms with Gasteiger partial charge >= 0.3 is 0 Å². The number of nitrogens with one attached hydrogen (secondary N) is 2. The van der Waals surface area contributed by atoms with E-state index in [9.17, 15) is 9.59 Å². The summed E-state index contributed by atoms with van der Waals surface area (Å²) in [5.74, 6) is 0.261. The summed E-state index contributed by atoms with van der Waals surface area (Å²) in [4.78, 5) is 30.6. The summed E-state index contributed by atoms with van der Waals surface area (Å²) >= 11 is 0. The van der Waals surface area contributed by atoms with E-state index < -0.39 is 0 Å². The fraction of sp³-hybridized carbons (Fsp3) is 0.100. The zero-order chi connectivity index (χ0) is 25.6. The van der Waals surface area contributed by atoms with E-state index in [1.54, 1.807) is 31.5 Å². The van der Waals surface area contributed by atoms with Gasteiger partial charge in [-0.25, -0.2) is 4.98 Å². The third kappa shape index (κ3) is 5.51. The van der Waals surface area contributed by atoms with Gasteiger partial charge in [0.2, 0.25) is 0 Å². The first-order valence-electron chi connectivity index (χ1n) is 11.9. The van der Waals surface area contributed by atoms with E-state index in [1.807, 2.05) is 83.6 Å². The van der Waals surface area contributed by atoms with E-state index in [4.69, 9.17) is 4.74 Å². The lowest BCUT2D eigenvalue weighted by Gasteiger charge is -2.08. The van der Waals surface area contributed by atoms with E-state index in [2.05, 4.69) is 15.6 Å². The molecule has 184 valence electrons. The van der Waals surface area contributed by atoms with Crippen molar-refractivity contribution in [2.45, 2.75) is 13.1 Å². The van der Waals surface area contributed by atoms with Crippen LogP contribution in [-0.2, 0) is 13.1 Å². The Kier molecular flexibility index (Phi) is 6.94. The number of rotatable bonds is 8. The number of carbonyl (C=O) groups excluding carboxylic acids is 2. The van der Waals surface area contributed by atoms with Gasteiger partial charge in [0, 0.05) is 30.2 Å². The molecule has 0 saturated carbocycles. The number of amides is 2. The Balaban J connectivity index is 1.45. The molecule has 2 aromatic heterocycles. The van der Waals surface area contributed by atoms with Crippen LogP contribution in [0.4, 0.5) is 5.69 Å². The number of nitrogens with zero attached hydrogens (tertiary/aromatic N) is 2.